The van der Waals surface area contributed by atoms with Gasteiger partial charge < -0.3 is 13.8 Å². The van der Waals surface area contributed by atoms with Crippen LogP contribution in [0.2, 0.25) is 0 Å². The molecule has 0 fully saturated rings. The summed E-state index contributed by atoms with van der Waals surface area (Å²) in [5.41, 5.74) is 0.453. The first-order valence-corrected chi connectivity index (χ1v) is 7.20. The molecule has 0 aliphatic heterocycles. The Balaban J connectivity index is 2.58. The van der Waals surface area contributed by atoms with Crippen LogP contribution in [0.1, 0.15) is 17.3 Å². The van der Waals surface area contributed by atoms with E-state index in [1.807, 2.05) is 6.07 Å². The Bertz CT molecular complexity index is 423. The summed E-state index contributed by atoms with van der Waals surface area (Å²) in [6, 6.07) is 8.61. The van der Waals surface area contributed by atoms with E-state index in [2.05, 4.69) is 0 Å². The van der Waals surface area contributed by atoms with Crippen LogP contribution in [0.4, 0.5) is 0 Å². The van der Waals surface area contributed by atoms with Gasteiger partial charge in [-0.3, -0.25) is 4.57 Å². The van der Waals surface area contributed by atoms with Gasteiger partial charge in [-0.2, -0.15) is 0 Å². The highest BCUT2D eigenvalue weighted by Gasteiger charge is 2.26. The number of carbonyl (C=O) groups excluding carboxylic acids is 1. The zero-order valence-electron chi connectivity index (χ0n) is 10.7. The van der Waals surface area contributed by atoms with Crippen LogP contribution in [0.15, 0.2) is 30.3 Å². The lowest BCUT2D eigenvalue weighted by molar-refractivity contribution is 0.0373. The molecule has 0 aromatic heterocycles. The lowest BCUT2D eigenvalue weighted by Gasteiger charge is -2.18. The average Bonchev–Trinajstić information content (AvgIpc) is 2.39. The minimum absolute atomic E-state index is 0.0264. The van der Waals surface area contributed by atoms with Crippen molar-refractivity contribution in [2.75, 3.05) is 20.4 Å². The monoisotopic (exact) mass is 272 g/mol. The van der Waals surface area contributed by atoms with Crippen molar-refractivity contribution in [2.24, 2.45) is 0 Å². The third-order valence-electron chi connectivity index (χ3n) is 2.35. The molecule has 0 unspecified atom stereocenters. The summed E-state index contributed by atoms with van der Waals surface area (Å²) < 4.78 is 26.6. The molecule has 0 radical (unpaired) electrons. The summed E-state index contributed by atoms with van der Waals surface area (Å²) in [5, 5.41) is 0. The molecule has 0 aliphatic carbocycles. The van der Waals surface area contributed by atoms with Gasteiger partial charge in [0.1, 0.15) is 6.10 Å². The molecule has 0 saturated heterocycles. The predicted molar refractivity (Wildman–Crippen MR) is 67.8 cm³/mol. The molecular formula is C12H17O5P. The fourth-order valence-corrected chi connectivity index (χ4v) is 2.55. The highest BCUT2D eigenvalue weighted by Crippen LogP contribution is 2.47. The van der Waals surface area contributed by atoms with E-state index in [4.69, 9.17) is 13.8 Å². The van der Waals surface area contributed by atoms with E-state index in [0.29, 0.717) is 5.56 Å². The second-order valence-corrected chi connectivity index (χ2v) is 6.06. The first-order chi connectivity index (χ1) is 8.50. The second-order valence-electron chi connectivity index (χ2n) is 3.74. The van der Waals surface area contributed by atoms with Gasteiger partial charge in [-0.05, 0) is 19.1 Å². The Morgan fingerprint density at radius 2 is 1.78 bits per heavy atom. The fraction of sp³-hybridized carbons (Fsp3) is 0.417. The van der Waals surface area contributed by atoms with Crippen molar-refractivity contribution in [3.63, 3.8) is 0 Å². The number of esters is 1. The SMILES string of the molecule is COP(=O)(C[C@@H](C)OC(=O)c1ccccc1)OC. The van der Waals surface area contributed by atoms with Gasteiger partial charge in [-0.15, -0.1) is 0 Å². The van der Waals surface area contributed by atoms with Crippen LogP contribution in [-0.2, 0) is 18.3 Å². The molecule has 1 aromatic rings. The summed E-state index contributed by atoms with van der Waals surface area (Å²) in [6.07, 6.45) is -0.526. The van der Waals surface area contributed by atoms with Gasteiger partial charge in [0.05, 0.1) is 11.7 Å². The zero-order chi connectivity index (χ0) is 13.6. The number of rotatable bonds is 6. The smallest absolute Gasteiger partial charge is 0.338 e. The van der Waals surface area contributed by atoms with Crippen molar-refractivity contribution in [1.29, 1.82) is 0 Å². The maximum Gasteiger partial charge on any atom is 0.338 e. The van der Waals surface area contributed by atoms with Crippen LogP contribution in [0.5, 0.6) is 0 Å². The van der Waals surface area contributed by atoms with Crippen LogP contribution in [-0.4, -0.2) is 32.5 Å². The number of ether oxygens (including phenoxy) is 1. The molecule has 1 atom stereocenters. The highest BCUT2D eigenvalue weighted by molar-refractivity contribution is 7.53. The molecule has 5 nitrogen and oxygen atoms in total. The predicted octanol–water partition coefficient (Wildman–Crippen LogP) is 2.72. The number of hydrogen-bond acceptors (Lipinski definition) is 5. The van der Waals surface area contributed by atoms with E-state index in [1.165, 1.54) is 14.2 Å². The first kappa shape index (κ1) is 14.9. The van der Waals surface area contributed by atoms with Crippen LogP contribution < -0.4 is 0 Å². The third-order valence-corrected chi connectivity index (χ3v) is 4.43. The first-order valence-electron chi connectivity index (χ1n) is 5.47. The summed E-state index contributed by atoms with van der Waals surface area (Å²) in [5.74, 6) is -0.457. The van der Waals surface area contributed by atoms with Crippen LogP contribution in [0.25, 0.3) is 0 Å². The van der Waals surface area contributed by atoms with Gasteiger partial charge in [0, 0.05) is 14.2 Å². The van der Waals surface area contributed by atoms with Gasteiger partial charge in [-0.1, -0.05) is 18.2 Å². The summed E-state index contributed by atoms with van der Waals surface area (Å²) >= 11 is 0. The number of benzene rings is 1. The van der Waals surface area contributed by atoms with E-state index in [9.17, 15) is 9.36 Å². The van der Waals surface area contributed by atoms with Gasteiger partial charge in [0.15, 0.2) is 0 Å². The van der Waals surface area contributed by atoms with Gasteiger partial charge in [0.2, 0.25) is 0 Å². The number of carbonyl (C=O) groups is 1. The van der Waals surface area contributed by atoms with E-state index in [1.54, 1.807) is 31.2 Å². The lowest BCUT2D eigenvalue weighted by atomic mass is 10.2. The third kappa shape index (κ3) is 4.26. The molecule has 0 aliphatic rings. The Morgan fingerprint density at radius 3 is 2.28 bits per heavy atom. The van der Waals surface area contributed by atoms with Gasteiger partial charge in [-0.25, -0.2) is 4.79 Å². The van der Waals surface area contributed by atoms with E-state index < -0.39 is 19.7 Å². The Kier molecular flexibility index (Phi) is 5.54. The van der Waals surface area contributed by atoms with Crippen molar-refractivity contribution < 1.29 is 23.1 Å². The van der Waals surface area contributed by atoms with Crippen LogP contribution in [0.3, 0.4) is 0 Å². The average molecular weight is 272 g/mol. The second kappa shape index (κ2) is 6.69. The molecule has 0 N–H and O–H groups in total. The molecule has 0 spiro atoms. The van der Waals surface area contributed by atoms with E-state index in [0.717, 1.165) is 0 Å². The largest absolute Gasteiger partial charge is 0.458 e. The molecule has 0 saturated carbocycles. The van der Waals surface area contributed by atoms with Crippen molar-refractivity contribution >= 4 is 13.6 Å². The molecular weight excluding hydrogens is 255 g/mol. The highest BCUT2D eigenvalue weighted by atomic mass is 31.2. The van der Waals surface area contributed by atoms with Crippen molar-refractivity contribution in [2.45, 2.75) is 13.0 Å². The van der Waals surface area contributed by atoms with E-state index >= 15 is 0 Å². The molecule has 0 amide bonds. The lowest BCUT2D eigenvalue weighted by Crippen LogP contribution is -2.19. The topological polar surface area (TPSA) is 61.8 Å². The molecule has 18 heavy (non-hydrogen) atoms. The van der Waals surface area contributed by atoms with Gasteiger partial charge in [0.25, 0.3) is 0 Å². The molecule has 1 rings (SSSR count). The maximum absolute atomic E-state index is 11.8. The Morgan fingerprint density at radius 1 is 1.22 bits per heavy atom. The maximum atomic E-state index is 11.8. The Hall–Kier alpha value is -1.16. The number of hydrogen-bond donors (Lipinski definition) is 0. The van der Waals surface area contributed by atoms with Crippen molar-refractivity contribution in [1.82, 2.24) is 0 Å². The minimum Gasteiger partial charge on any atom is -0.458 e. The summed E-state index contributed by atoms with van der Waals surface area (Å²) in [7, 11) is -0.559. The minimum atomic E-state index is -3.16. The normalized spacial score (nSPS) is 13.1. The van der Waals surface area contributed by atoms with Gasteiger partial charge >= 0.3 is 13.6 Å². The molecule has 1 aromatic carbocycles. The molecule has 100 valence electrons. The van der Waals surface area contributed by atoms with E-state index in [-0.39, 0.29) is 6.16 Å². The van der Waals surface area contributed by atoms with Crippen LogP contribution >= 0.6 is 7.60 Å². The zero-order valence-corrected chi connectivity index (χ0v) is 11.6. The standard InChI is InChI=1S/C12H17O5P/c1-10(9-18(14,15-2)16-3)17-12(13)11-7-5-4-6-8-11/h4-8,10H,9H2,1-3H3/t10-/m1/s1. The Labute approximate surface area is 107 Å². The van der Waals surface area contributed by atoms with Crippen LogP contribution in [0, 0.1) is 0 Å². The summed E-state index contributed by atoms with van der Waals surface area (Å²) in [6.45, 7) is 1.64. The quantitative estimate of drug-likeness (QED) is 0.588. The van der Waals surface area contributed by atoms with Crippen molar-refractivity contribution in [3.05, 3.63) is 35.9 Å². The van der Waals surface area contributed by atoms with Crippen molar-refractivity contribution in [3.8, 4) is 0 Å². The molecule has 6 heteroatoms. The summed E-state index contributed by atoms with van der Waals surface area (Å²) in [4.78, 5) is 11.7. The molecule has 0 bridgehead atoms. The fourth-order valence-electron chi connectivity index (χ4n) is 1.40. The molecule has 0 heterocycles.